The summed E-state index contributed by atoms with van der Waals surface area (Å²) in [5.74, 6) is 1.54. The Balaban J connectivity index is 1.35. The van der Waals surface area contributed by atoms with Gasteiger partial charge in [0, 0.05) is 17.0 Å². The van der Waals surface area contributed by atoms with Crippen LogP contribution in [0.3, 0.4) is 0 Å². The fourth-order valence-corrected chi connectivity index (χ4v) is 5.73. The van der Waals surface area contributed by atoms with Crippen LogP contribution in [0, 0.1) is 0 Å². The van der Waals surface area contributed by atoms with Gasteiger partial charge in [0.2, 0.25) is 5.91 Å². The van der Waals surface area contributed by atoms with Crippen molar-refractivity contribution in [2.45, 2.75) is 38.8 Å². The maximum absolute atomic E-state index is 13.8. The molecule has 0 fully saturated rings. The quantitative estimate of drug-likeness (QED) is 0.255. The van der Waals surface area contributed by atoms with Crippen molar-refractivity contribution >= 4 is 23.2 Å². The molecule has 1 unspecified atom stereocenters. The van der Waals surface area contributed by atoms with E-state index in [2.05, 4.69) is 37.4 Å². The number of amides is 2. The van der Waals surface area contributed by atoms with Crippen LogP contribution in [0.15, 0.2) is 88.9 Å². The fraction of sp³-hybridized carbons (Fsp3) is 0.290. The predicted molar refractivity (Wildman–Crippen MR) is 148 cm³/mol. The summed E-state index contributed by atoms with van der Waals surface area (Å²) in [6.45, 7) is 5.43. The van der Waals surface area contributed by atoms with Gasteiger partial charge in [-0.25, -0.2) is 0 Å². The smallest absolute Gasteiger partial charge is 0.254 e. The van der Waals surface area contributed by atoms with E-state index in [9.17, 15) is 9.59 Å². The molecule has 1 aliphatic rings. The molecule has 7 heteroatoms. The molecule has 1 atom stereocenters. The second kappa shape index (κ2) is 11.7. The Morgan fingerprint density at radius 2 is 1.84 bits per heavy atom. The molecule has 1 aliphatic heterocycles. The van der Waals surface area contributed by atoms with Crippen molar-refractivity contribution < 1.29 is 18.7 Å². The van der Waals surface area contributed by atoms with Gasteiger partial charge in [0.1, 0.15) is 24.7 Å². The monoisotopic (exact) mass is 528 g/mol. The molecular formula is C31H32N2O4S. The summed E-state index contributed by atoms with van der Waals surface area (Å²) in [5.41, 5.74) is 2.92. The zero-order valence-corrected chi connectivity index (χ0v) is 22.5. The van der Waals surface area contributed by atoms with E-state index in [4.69, 9.17) is 9.15 Å². The van der Waals surface area contributed by atoms with E-state index in [1.54, 1.807) is 40.7 Å². The molecule has 0 radical (unpaired) electrons. The number of fused-ring (bicyclic) bond motifs is 1. The molecule has 2 aromatic heterocycles. The zero-order chi connectivity index (χ0) is 26.5. The zero-order valence-electron chi connectivity index (χ0n) is 21.7. The highest BCUT2D eigenvalue weighted by Crippen LogP contribution is 2.34. The summed E-state index contributed by atoms with van der Waals surface area (Å²) in [6, 6.07) is 22.7. The van der Waals surface area contributed by atoms with Crippen molar-refractivity contribution in [3.05, 3.63) is 112 Å². The molecule has 0 N–H and O–H groups in total. The molecule has 6 nitrogen and oxygen atoms in total. The highest BCUT2D eigenvalue weighted by Gasteiger charge is 2.34. The van der Waals surface area contributed by atoms with E-state index < -0.39 is 0 Å². The molecule has 196 valence electrons. The number of benzene rings is 2. The van der Waals surface area contributed by atoms with E-state index in [1.807, 2.05) is 41.3 Å². The first-order valence-corrected chi connectivity index (χ1v) is 13.8. The van der Waals surface area contributed by atoms with Crippen LogP contribution in [0.5, 0.6) is 5.75 Å². The van der Waals surface area contributed by atoms with Gasteiger partial charge in [-0.3, -0.25) is 9.59 Å². The van der Waals surface area contributed by atoms with E-state index >= 15 is 0 Å². The molecule has 2 aromatic carbocycles. The Morgan fingerprint density at radius 3 is 2.55 bits per heavy atom. The summed E-state index contributed by atoms with van der Waals surface area (Å²) < 4.78 is 11.7. The average Bonchev–Trinajstić information content (AvgIpc) is 3.64. The summed E-state index contributed by atoms with van der Waals surface area (Å²) in [5, 5.41) is 2.07. The molecule has 0 spiro atoms. The van der Waals surface area contributed by atoms with Gasteiger partial charge in [-0.05, 0) is 71.3 Å². The van der Waals surface area contributed by atoms with Gasteiger partial charge >= 0.3 is 0 Å². The van der Waals surface area contributed by atoms with E-state index in [1.165, 1.54) is 10.4 Å². The lowest BCUT2D eigenvalue weighted by molar-refractivity contribution is -0.135. The second-order valence-electron chi connectivity index (χ2n) is 9.79. The van der Waals surface area contributed by atoms with Crippen LogP contribution in [-0.4, -0.2) is 41.3 Å². The van der Waals surface area contributed by atoms with Gasteiger partial charge in [0.15, 0.2) is 0 Å². The molecule has 2 amide bonds. The lowest BCUT2D eigenvalue weighted by Crippen LogP contribution is -2.47. The van der Waals surface area contributed by atoms with Gasteiger partial charge in [0.05, 0.1) is 18.8 Å². The molecule has 0 bridgehead atoms. The molecule has 3 heterocycles. The van der Waals surface area contributed by atoms with Gasteiger partial charge in [-0.15, -0.1) is 11.3 Å². The minimum atomic E-state index is -0.223. The number of thiophene rings is 1. The van der Waals surface area contributed by atoms with Gasteiger partial charge < -0.3 is 19.0 Å². The van der Waals surface area contributed by atoms with Gasteiger partial charge in [0.25, 0.3) is 5.91 Å². The first-order chi connectivity index (χ1) is 18.5. The number of hydrogen-bond donors (Lipinski definition) is 0. The average molecular weight is 529 g/mol. The summed E-state index contributed by atoms with van der Waals surface area (Å²) in [4.78, 5) is 31.9. The largest absolute Gasteiger partial charge is 0.491 e. The van der Waals surface area contributed by atoms with Crippen LogP contribution in [0.4, 0.5) is 0 Å². The third-order valence-corrected chi connectivity index (χ3v) is 7.93. The number of ether oxygens (including phenoxy) is 1. The Hall–Kier alpha value is -3.84. The summed E-state index contributed by atoms with van der Waals surface area (Å²) in [7, 11) is 0. The van der Waals surface area contributed by atoms with Gasteiger partial charge in [-0.1, -0.05) is 44.2 Å². The van der Waals surface area contributed by atoms with Crippen LogP contribution >= 0.6 is 11.3 Å². The third kappa shape index (κ3) is 5.83. The Bertz CT molecular complexity index is 1350. The maximum Gasteiger partial charge on any atom is 0.254 e. The molecule has 5 rings (SSSR count). The lowest BCUT2D eigenvalue weighted by atomic mass is 10.00. The Labute approximate surface area is 227 Å². The summed E-state index contributed by atoms with van der Waals surface area (Å²) >= 11 is 1.72. The topological polar surface area (TPSA) is 63.0 Å². The lowest BCUT2D eigenvalue weighted by Gasteiger charge is -2.37. The standard InChI is InChI=1S/C31H32N2O4S/c1-22(2)23-10-12-25(13-11-23)37-21-28-27-15-18-38-29(27)14-16-33(28)30(34)20-32(19-26-9-6-17-36-26)31(35)24-7-4-3-5-8-24/h3-13,15,17-18,22,28H,14,16,19-21H2,1-2H3. The molecule has 38 heavy (non-hydrogen) atoms. The number of furan rings is 1. The van der Waals surface area contributed by atoms with Crippen molar-refractivity contribution in [1.82, 2.24) is 9.80 Å². The maximum atomic E-state index is 13.8. The first-order valence-electron chi connectivity index (χ1n) is 12.9. The molecule has 0 aliphatic carbocycles. The van der Waals surface area contributed by atoms with Crippen LogP contribution in [0.25, 0.3) is 0 Å². The highest BCUT2D eigenvalue weighted by molar-refractivity contribution is 7.10. The fourth-order valence-electron chi connectivity index (χ4n) is 4.81. The van der Waals surface area contributed by atoms with Crippen LogP contribution < -0.4 is 4.74 Å². The van der Waals surface area contributed by atoms with Crippen molar-refractivity contribution in [3.8, 4) is 5.75 Å². The first kappa shape index (κ1) is 25.8. The SMILES string of the molecule is CC(C)c1ccc(OCC2c3ccsc3CCN2C(=O)CN(Cc2ccco2)C(=O)c2ccccc2)cc1. The predicted octanol–water partition coefficient (Wildman–Crippen LogP) is 6.31. The highest BCUT2D eigenvalue weighted by atomic mass is 32.1. The van der Waals surface area contributed by atoms with E-state index in [0.29, 0.717) is 30.4 Å². The minimum Gasteiger partial charge on any atom is -0.491 e. The van der Waals surface area contributed by atoms with Crippen molar-refractivity contribution in [2.24, 2.45) is 0 Å². The van der Waals surface area contributed by atoms with Crippen molar-refractivity contribution in [3.63, 3.8) is 0 Å². The van der Waals surface area contributed by atoms with E-state index in [-0.39, 0.29) is 30.9 Å². The molecule has 0 saturated heterocycles. The van der Waals surface area contributed by atoms with Crippen molar-refractivity contribution in [1.29, 1.82) is 0 Å². The molecule has 4 aromatic rings. The number of rotatable bonds is 9. The molecular weight excluding hydrogens is 496 g/mol. The number of carbonyl (C=O) groups excluding carboxylic acids is 2. The van der Waals surface area contributed by atoms with Crippen LogP contribution in [0.2, 0.25) is 0 Å². The number of nitrogens with zero attached hydrogens (tertiary/aromatic N) is 2. The van der Waals surface area contributed by atoms with Crippen LogP contribution in [-0.2, 0) is 17.8 Å². The normalized spacial score (nSPS) is 14.8. The van der Waals surface area contributed by atoms with Gasteiger partial charge in [-0.2, -0.15) is 0 Å². The van der Waals surface area contributed by atoms with Crippen molar-refractivity contribution in [2.75, 3.05) is 19.7 Å². The number of carbonyl (C=O) groups is 2. The Morgan fingerprint density at radius 1 is 1.05 bits per heavy atom. The number of hydrogen-bond acceptors (Lipinski definition) is 5. The minimum absolute atomic E-state index is 0.0481. The second-order valence-corrected chi connectivity index (χ2v) is 10.8. The molecule has 0 saturated carbocycles. The van der Waals surface area contributed by atoms with E-state index in [0.717, 1.165) is 17.7 Å². The third-order valence-electron chi connectivity index (χ3n) is 6.93. The Kier molecular flexibility index (Phi) is 7.94. The summed E-state index contributed by atoms with van der Waals surface area (Å²) in [6.07, 6.45) is 2.37. The van der Waals surface area contributed by atoms with Crippen LogP contribution in [0.1, 0.15) is 57.9 Å².